The first-order chi connectivity index (χ1) is 35.5. The van der Waals surface area contributed by atoms with Crippen LogP contribution >= 0.6 is 0 Å². The van der Waals surface area contributed by atoms with Crippen molar-refractivity contribution in [2.75, 3.05) is 13.2 Å². The molecule has 0 aliphatic rings. The Morgan fingerprint density at radius 1 is 0.389 bits per heavy atom. The summed E-state index contributed by atoms with van der Waals surface area (Å²) >= 11 is 0. The van der Waals surface area contributed by atoms with Crippen LogP contribution < -0.4 is 5.32 Å². The second-order valence-electron chi connectivity index (χ2n) is 21.7. The third-order valence-electron chi connectivity index (χ3n) is 14.6. The summed E-state index contributed by atoms with van der Waals surface area (Å²) in [5.41, 5.74) is 0. The van der Waals surface area contributed by atoms with E-state index in [9.17, 15) is 19.8 Å². The first kappa shape index (κ1) is 69.8. The summed E-state index contributed by atoms with van der Waals surface area (Å²) in [5.74, 6) is -0.0623. The summed E-state index contributed by atoms with van der Waals surface area (Å²) in [6.07, 6.45) is 78.9. The van der Waals surface area contributed by atoms with Crippen molar-refractivity contribution in [1.29, 1.82) is 0 Å². The zero-order valence-electron chi connectivity index (χ0n) is 48.2. The van der Waals surface area contributed by atoms with Crippen LogP contribution in [0.25, 0.3) is 0 Å². The van der Waals surface area contributed by atoms with Gasteiger partial charge in [-0.3, -0.25) is 9.59 Å². The number of aliphatic hydroxyl groups is 2. The minimum Gasteiger partial charge on any atom is -0.466 e. The van der Waals surface area contributed by atoms with Crippen LogP contribution in [0.3, 0.4) is 0 Å². The highest BCUT2D eigenvalue weighted by Gasteiger charge is 2.18. The van der Waals surface area contributed by atoms with Gasteiger partial charge in [0.1, 0.15) is 0 Å². The number of rotatable bonds is 59. The van der Waals surface area contributed by atoms with E-state index in [1.807, 2.05) is 6.08 Å². The Hall–Kier alpha value is -2.18. The van der Waals surface area contributed by atoms with Crippen LogP contribution in [0.4, 0.5) is 0 Å². The molecule has 2 atom stereocenters. The summed E-state index contributed by atoms with van der Waals surface area (Å²) in [4.78, 5) is 24.5. The number of ether oxygens (including phenoxy) is 1. The molecule has 2 unspecified atom stereocenters. The maximum absolute atomic E-state index is 12.4. The second kappa shape index (κ2) is 61.4. The average molecular weight is 1010 g/mol. The fourth-order valence-electron chi connectivity index (χ4n) is 9.66. The van der Waals surface area contributed by atoms with Crippen molar-refractivity contribution in [3.8, 4) is 0 Å². The molecule has 0 aromatic heterocycles. The highest BCUT2D eigenvalue weighted by Crippen LogP contribution is 2.17. The Morgan fingerprint density at radius 3 is 1.10 bits per heavy atom. The van der Waals surface area contributed by atoms with Gasteiger partial charge in [-0.25, -0.2) is 0 Å². The molecule has 0 aromatic carbocycles. The van der Waals surface area contributed by atoms with Crippen LogP contribution in [0.2, 0.25) is 0 Å². The van der Waals surface area contributed by atoms with E-state index >= 15 is 0 Å². The summed E-state index contributed by atoms with van der Waals surface area (Å²) in [6.45, 7) is 4.86. The number of esters is 1. The predicted octanol–water partition coefficient (Wildman–Crippen LogP) is 20.1. The lowest BCUT2D eigenvalue weighted by molar-refractivity contribution is -0.143. The molecule has 3 N–H and O–H groups in total. The lowest BCUT2D eigenvalue weighted by atomic mass is 10.0. The smallest absolute Gasteiger partial charge is 0.305 e. The maximum Gasteiger partial charge on any atom is 0.305 e. The Bertz CT molecular complexity index is 1210. The van der Waals surface area contributed by atoms with Gasteiger partial charge in [0.25, 0.3) is 0 Å². The number of allylic oxidation sites excluding steroid dienone is 7. The Balaban J connectivity index is 3.37. The van der Waals surface area contributed by atoms with Gasteiger partial charge in [-0.15, -0.1) is 0 Å². The molecule has 0 saturated heterocycles. The van der Waals surface area contributed by atoms with Crippen LogP contribution in [0, 0.1) is 0 Å². The number of nitrogens with one attached hydrogen (secondary N) is 1. The topological polar surface area (TPSA) is 95.9 Å². The van der Waals surface area contributed by atoms with Gasteiger partial charge in [0, 0.05) is 12.8 Å². The molecule has 0 fully saturated rings. The summed E-state index contributed by atoms with van der Waals surface area (Å²) in [6, 6.07) is -0.626. The minimum atomic E-state index is -0.843. The second-order valence-corrected chi connectivity index (χ2v) is 21.7. The number of carbonyl (C=O) groups is 2. The van der Waals surface area contributed by atoms with Gasteiger partial charge in [-0.1, -0.05) is 281 Å². The number of carbonyl (C=O) groups excluding carboxylic acids is 2. The Kier molecular flexibility index (Phi) is 59.5. The molecule has 0 bridgehead atoms. The van der Waals surface area contributed by atoms with Crippen molar-refractivity contribution in [3.63, 3.8) is 0 Å². The van der Waals surface area contributed by atoms with Crippen molar-refractivity contribution in [1.82, 2.24) is 5.32 Å². The quantitative estimate of drug-likeness (QED) is 0.0320. The number of hydrogen-bond donors (Lipinski definition) is 3. The first-order valence-electron chi connectivity index (χ1n) is 31.9. The van der Waals surface area contributed by atoms with Crippen molar-refractivity contribution in [2.45, 2.75) is 347 Å². The molecule has 0 aromatic rings. The fourth-order valence-corrected chi connectivity index (χ4v) is 9.66. The first-order valence-corrected chi connectivity index (χ1v) is 31.9. The van der Waals surface area contributed by atoms with Gasteiger partial charge in [0.15, 0.2) is 0 Å². The molecule has 6 heteroatoms. The maximum atomic E-state index is 12.4. The summed E-state index contributed by atoms with van der Waals surface area (Å²) in [5, 5.41) is 23.0. The molecule has 72 heavy (non-hydrogen) atoms. The van der Waals surface area contributed by atoms with Crippen molar-refractivity contribution < 1.29 is 24.5 Å². The van der Waals surface area contributed by atoms with Crippen LogP contribution in [-0.2, 0) is 14.3 Å². The van der Waals surface area contributed by atoms with Crippen LogP contribution in [0.5, 0.6) is 0 Å². The Morgan fingerprint density at radius 2 is 0.694 bits per heavy atom. The van der Waals surface area contributed by atoms with Crippen molar-refractivity contribution >= 4 is 11.9 Å². The van der Waals surface area contributed by atoms with Crippen molar-refractivity contribution in [2.24, 2.45) is 0 Å². The number of unbranched alkanes of at least 4 members (excludes halogenated alkanes) is 42. The molecule has 0 saturated carbocycles. The van der Waals surface area contributed by atoms with Gasteiger partial charge in [-0.2, -0.15) is 0 Å². The highest BCUT2D eigenvalue weighted by atomic mass is 16.5. The molecular formula is C66H123NO5. The number of hydrogen-bond acceptors (Lipinski definition) is 5. The molecule has 0 aliphatic carbocycles. The molecule has 1 amide bonds. The van der Waals surface area contributed by atoms with E-state index in [-0.39, 0.29) is 18.5 Å². The summed E-state index contributed by atoms with van der Waals surface area (Å²) in [7, 11) is 0. The molecular weight excluding hydrogens is 887 g/mol. The zero-order valence-corrected chi connectivity index (χ0v) is 48.2. The van der Waals surface area contributed by atoms with Gasteiger partial charge >= 0.3 is 5.97 Å². The molecule has 422 valence electrons. The highest BCUT2D eigenvalue weighted by molar-refractivity contribution is 5.76. The van der Waals surface area contributed by atoms with E-state index < -0.39 is 12.1 Å². The fraction of sp³-hybridized carbons (Fsp3) is 0.848. The van der Waals surface area contributed by atoms with E-state index in [1.54, 1.807) is 6.08 Å². The molecule has 0 spiro atoms. The van der Waals surface area contributed by atoms with Crippen molar-refractivity contribution in [3.05, 3.63) is 48.6 Å². The summed E-state index contributed by atoms with van der Waals surface area (Å²) < 4.78 is 5.49. The lowest BCUT2D eigenvalue weighted by Gasteiger charge is -2.20. The molecule has 0 radical (unpaired) electrons. The largest absolute Gasteiger partial charge is 0.466 e. The Labute approximate surface area is 448 Å². The van der Waals surface area contributed by atoms with Gasteiger partial charge in [0.05, 0.1) is 25.4 Å². The van der Waals surface area contributed by atoms with E-state index in [0.29, 0.717) is 19.4 Å². The minimum absolute atomic E-state index is 0.00735. The van der Waals surface area contributed by atoms with E-state index in [1.165, 1.54) is 257 Å². The van der Waals surface area contributed by atoms with Crippen LogP contribution in [0.1, 0.15) is 335 Å². The third-order valence-corrected chi connectivity index (χ3v) is 14.6. The van der Waals surface area contributed by atoms with Crippen LogP contribution in [0.15, 0.2) is 48.6 Å². The van der Waals surface area contributed by atoms with Gasteiger partial charge < -0.3 is 20.3 Å². The lowest BCUT2D eigenvalue weighted by Crippen LogP contribution is -2.45. The molecule has 6 nitrogen and oxygen atoms in total. The van der Waals surface area contributed by atoms with Gasteiger partial charge in [-0.05, 0) is 89.9 Å². The normalized spacial score (nSPS) is 12.9. The van der Waals surface area contributed by atoms with E-state index in [2.05, 4.69) is 55.6 Å². The standard InChI is InChI=1S/C66H123NO5/c1-3-5-7-9-11-13-15-16-17-30-34-37-40-44-48-52-56-60-66(71)72-61-57-53-49-45-41-38-35-32-29-27-25-23-21-19-18-20-22-24-26-28-31-33-36-39-43-47-51-55-59-65(70)67-63(62-68)64(69)58-54-50-46-42-14-12-10-8-6-4-2/h11,13,16-19,54,58,63-64,68-69H,3-10,12,14-15,20-53,55-57,59-62H2,1-2H3,(H,67,70)/b13-11-,17-16-,19-18-,58-54+. The third kappa shape index (κ3) is 57.1. The average Bonchev–Trinajstić information content (AvgIpc) is 3.38. The van der Waals surface area contributed by atoms with E-state index in [0.717, 1.165) is 51.4 Å². The zero-order chi connectivity index (χ0) is 52.2. The SMILES string of the molecule is CCCCC/C=C\C/C=C\CCCCCCCCCC(=O)OCCCCCCCCCCCCCC/C=C\CCCCCCCCCCCCCCC(=O)NC(CO)C(O)/C=C/CCCCCCCCCC. The molecule has 0 aliphatic heterocycles. The predicted molar refractivity (Wildman–Crippen MR) is 315 cm³/mol. The molecule has 0 heterocycles. The molecule has 0 rings (SSSR count). The monoisotopic (exact) mass is 1010 g/mol. The van der Waals surface area contributed by atoms with Gasteiger partial charge in [0.2, 0.25) is 5.91 Å². The van der Waals surface area contributed by atoms with E-state index in [4.69, 9.17) is 4.74 Å². The van der Waals surface area contributed by atoms with Crippen LogP contribution in [-0.4, -0.2) is 47.4 Å². The number of amides is 1. The number of aliphatic hydroxyl groups excluding tert-OH is 2.